The number of benzene rings is 1. The number of likely N-dealkylation sites (tertiary alicyclic amines) is 1. The van der Waals surface area contributed by atoms with Gasteiger partial charge in [0.1, 0.15) is 5.82 Å². The Morgan fingerprint density at radius 1 is 1.21 bits per heavy atom. The van der Waals surface area contributed by atoms with Gasteiger partial charge < -0.3 is 15.0 Å². The summed E-state index contributed by atoms with van der Waals surface area (Å²) in [6.07, 6.45) is 1.94. The second-order valence-corrected chi connectivity index (χ2v) is 9.26. The molecule has 160 valence electrons. The van der Waals surface area contributed by atoms with Crippen LogP contribution in [-0.4, -0.2) is 73.2 Å². The van der Waals surface area contributed by atoms with E-state index in [0.717, 1.165) is 32.6 Å². The molecule has 0 unspecified atom stereocenters. The summed E-state index contributed by atoms with van der Waals surface area (Å²) in [5, 5.41) is 3.82. The van der Waals surface area contributed by atoms with Gasteiger partial charge in [-0.25, -0.2) is 4.39 Å². The summed E-state index contributed by atoms with van der Waals surface area (Å²) >= 11 is 5.98. The molecule has 0 radical (unpaired) electrons. The fourth-order valence-corrected chi connectivity index (χ4v) is 5.25. The van der Waals surface area contributed by atoms with Crippen LogP contribution < -0.4 is 5.32 Å². The largest absolute Gasteiger partial charge is 0.381 e. The average Bonchev–Trinajstić information content (AvgIpc) is 3.15. The van der Waals surface area contributed by atoms with Crippen LogP contribution in [0, 0.1) is 11.7 Å². The van der Waals surface area contributed by atoms with E-state index < -0.39 is 0 Å². The molecule has 29 heavy (non-hydrogen) atoms. The number of ether oxygens (including phenoxy) is 1. The van der Waals surface area contributed by atoms with Gasteiger partial charge in [0.2, 0.25) is 5.91 Å². The monoisotopic (exact) mass is 423 g/mol. The minimum Gasteiger partial charge on any atom is -0.381 e. The van der Waals surface area contributed by atoms with Crippen molar-refractivity contribution < 1.29 is 13.9 Å². The van der Waals surface area contributed by atoms with Crippen LogP contribution in [0.25, 0.3) is 0 Å². The van der Waals surface area contributed by atoms with Crippen LogP contribution in [-0.2, 0) is 9.53 Å². The highest BCUT2D eigenvalue weighted by Gasteiger charge is 2.44. The lowest BCUT2D eigenvalue weighted by atomic mass is 9.87. The van der Waals surface area contributed by atoms with Crippen molar-refractivity contribution in [3.8, 4) is 0 Å². The molecular weight excluding hydrogens is 393 g/mol. The van der Waals surface area contributed by atoms with E-state index in [-0.39, 0.29) is 35.6 Å². The molecular formula is C22H31ClFN3O2. The number of nitrogens with zero attached hydrogens (tertiary/aromatic N) is 2. The van der Waals surface area contributed by atoms with Crippen molar-refractivity contribution in [2.45, 2.75) is 50.7 Å². The van der Waals surface area contributed by atoms with Gasteiger partial charge >= 0.3 is 0 Å². The highest BCUT2D eigenvalue weighted by molar-refractivity contribution is 6.30. The second kappa shape index (κ2) is 8.88. The maximum Gasteiger partial charge on any atom is 0.227 e. The average molecular weight is 424 g/mol. The molecule has 0 bridgehead atoms. The SMILES string of the molecule is C[C@@H]1CN(C(=O)[C@@H]2CN(C3CCOCC3)C[C@H]2c2ccc(Cl)cc2F)[C@@H](C)CN1. The number of amides is 1. The molecule has 3 fully saturated rings. The third-order valence-electron chi connectivity index (χ3n) is 6.78. The smallest absolute Gasteiger partial charge is 0.227 e. The zero-order valence-electron chi connectivity index (χ0n) is 17.2. The van der Waals surface area contributed by atoms with Crippen LogP contribution in [0.15, 0.2) is 18.2 Å². The van der Waals surface area contributed by atoms with E-state index >= 15 is 0 Å². The highest BCUT2D eigenvalue weighted by Crippen LogP contribution is 2.38. The molecule has 4 atom stereocenters. The molecule has 7 heteroatoms. The van der Waals surface area contributed by atoms with Crippen molar-refractivity contribution in [2.75, 3.05) is 39.4 Å². The van der Waals surface area contributed by atoms with Crippen molar-refractivity contribution >= 4 is 17.5 Å². The van der Waals surface area contributed by atoms with Gasteiger partial charge in [-0.3, -0.25) is 9.69 Å². The Morgan fingerprint density at radius 3 is 2.69 bits per heavy atom. The summed E-state index contributed by atoms with van der Waals surface area (Å²) in [6, 6.07) is 5.68. The van der Waals surface area contributed by atoms with E-state index in [2.05, 4.69) is 24.1 Å². The number of carbonyl (C=O) groups excluding carboxylic acids is 1. The Balaban J connectivity index is 1.61. The lowest BCUT2D eigenvalue weighted by molar-refractivity contribution is -0.139. The Bertz CT molecular complexity index is 743. The van der Waals surface area contributed by atoms with E-state index in [4.69, 9.17) is 16.3 Å². The first-order valence-corrected chi connectivity index (χ1v) is 11.1. The second-order valence-electron chi connectivity index (χ2n) is 8.83. The van der Waals surface area contributed by atoms with Crippen LogP contribution in [0.1, 0.15) is 38.2 Å². The van der Waals surface area contributed by atoms with Crippen LogP contribution in [0.3, 0.4) is 0 Å². The van der Waals surface area contributed by atoms with E-state index in [1.165, 1.54) is 6.07 Å². The van der Waals surface area contributed by atoms with E-state index in [0.29, 0.717) is 36.3 Å². The molecule has 1 aromatic rings. The van der Waals surface area contributed by atoms with Crippen LogP contribution in [0.5, 0.6) is 0 Å². The first-order valence-electron chi connectivity index (χ1n) is 10.7. The lowest BCUT2D eigenvalue weighted by Gasteiger charge is -2.39. The minimum absolute atomic E-state index is 0.145. The summed E-state index contributed by atoms with van der Waals surface area (Å²) in [7, 11) is 0. The molecule has 1 N–H and O–H groups in total. The van der Waals surface area contributed by atoms with Crippen molar-refractivity contribution in [3.05, 3.63) is 34.6 Å². The fraction of sp³-hybridized carbons (Fsp3) is 0.682. The molecule has 1 amide bonds. The van der Waals surface area contributed by atoms with E-state index in [1.54, 1.807) is 12.1 Å². The number of piperazine rings is 1. The molecule has 3 saturated heterocycles. The Hall–Kier alpha value is -1.21. The van der Waals surface area contributed by atoms with Gasteiger partial charge in [0.05, 0.1) is 5.92 Å². The maximum atomic E-state index is 14.8. The highest BCUT2D eigenvalue weighted by atomic mass is 35.5. The molecule has 3 heterocycles. The molecule has 0 saturated carbocycles. The standard InChI is InChI=1S/C22H31ClFN3O2/c1-14-11-27(15(2)10-25-14)22(28)20-13-26(17-5-7-29-8-6-17)12-19(20)18-4-3-16(23)9-21(18)24/h3-4,9,14-15,17,19-20,25H,5-8,10-13H2,1-2H3/t14-,15+,19+,20-/m1/s1. The summed E-state index contributed by atoms with van der Waals surface area (Å²) in [5.74, 6) is -0.545. The molecule has 0 spiro atoms. The zero-order chi connectivity index (χ0) is 20.5. The van der Waals surface area contributed by atoms with Crippen molar-refractivity contribution in [1.29, 1.82) is 0 Å². The summed E-state index contributed by atoms with van der Waals surface area (Å²) in [5.41, 5.74) is 0.609. The molecule has 3 aliphatic heterocycles. The molecule has 4 rings (SSSR count). The maximum absolute atomic E-state index is 14.8. The Kier molecular flexibility index (Phi) is 6.44. The predicted octanol–water partition coefficient (Wildman–Crippen LogP) is 2.88. The Morgan fingerprint density at radius 2 is 1.97 bits per heavy atom. The zero-order valence-corrected chi connectivity index (χ0v) is 18.0. The van der Waals surface area contributed by atoms with Crippen molar-refractivity contribution in [2.24, 2.45) is 5.92 Å². The first-order chi connectivity index (χ1) is 13.9. The number of nitrogens with one attached hydrogen (secondary N) is 1. The topological polar surface area (TPSA) is 44.8 Å². The van der Waals surface area contributed by atoms with Gasteiger partial charge in [-0.1, -0.05) is 17.7 Å². The summed E-state index contributed by atoms with van der Waals surface area (Å²) in [4.78, 5) is 18.0. The number of rotatable bonds is 3. The fourth-order valence-electron chi connectivity index (χ4n) is 5.09. The summed E-state index contributed by atoms with van der Waals surface area (Å²) < 4.78 is 20.3. The third-order valence-corrected chi connectivity index (χ3v) is 7.02. The first kappa shape index (κ1) is 21.0. The quantitative estimate of drug-likeness (QED) is 0.812. The number of hydrogen-bond acceptors (Lipinski definition) is 4. The van der Waals surface area contributed by atoms with Gasteiger partial charge in [-0.2, -0.15) is 0 Å². The minimum atomic E-state index is -0.309. The van der Waals surface area contributed by atoms with Gasteiger partial charge in [0.25, 0.3) is 0 Å². The number of hydrogen-bond donors (Lipinski definition) is 1. The van der Waals surface area contributed by atoms with Crippen molar-refractivity contribution in [1.82, 2.24) is 15.1 Å². The van der Waals surface area contributed by atoms with Gasteiger partial charge in [0, 0.05) is 68.5 Å². The third kappa shape index (κ3) is 4.46. The normalized spacial score (nSPS) is 31.9. The van der Waals surface area contributed by atoms with Crippen LogP contribution >= 0.6 is 11.6 Å². The summed E-state index contributed by atoms with van der Waals surface area (Å²) in [6.45, 7) is 8.58. The molecule has 0 aliphatic carbocycles. The number of halogens is 2. The van der Waals surface area contributed by atoms with Crippen molar-refractivity contribution in [3.63, 3.8) is 0 Å². The molecule has 1 aromatic carbocycles. The number of carbonyl (C=O) groups is 1. The molecule has 5 nitrogen and oxygen atoms in total. The molecule has 0 aromatic heterocycles. The van der Waals surface area contributed by atoms with Gasteiger partial charge in [-0.15, -0.1) is 0 Å². The Labute approximate surface area is 177 Å². The van der Waals surface area contributed by atoms with Crippen LogP contribution in [0.4, 0.5) is 4.39 Å². The van der Waals surface area contributed by atoms with E-state index in [9.17, 15) is 9.18 Å². The van der Waals surface area contributed by atoms with E-state index in [1.807, 2.05) is 4.90 Å². The predicted molar refractivity (Wildman–Crippen MR) is 112 cm³/mol. The molecule has 3 aliphatic rings. The lowest BCUT2D eigenvalue weighted by Crippen LogP contribution is -2.58. The van der Waals surface area contributed by atoms with Crippen LogP contribution in [0.2, 0.25) is 5.02 Å². The van der Waals surface area contributed by atoms with Gasteiger partial charge in [0.15, 0.2) is 0 Å². The van der Waals surface area contributed by atoms with Gasteiger partial charge in [-0.05, 0) is 44.4 Å².